The number of rotatable bonds is 4. The Labute approximate surface area is 156 Å². The van der Waals surface area contributed by atoms with Crippen LogP contribution in [0.25, 0.3) is 0 Å². The fraction of sp³-hybridized carbons (Fsp3) is 0.300. The number of carbonyl (C=O) groups is 2. The first-order chi connectivity index (χ1) is 12.9. The van der Waals surface area contributed by atoms with Crippen LogP contribution in [-0.2, 0) is 16.0 Å². The molecule has 3 rings (SSSR count). The van der Waals surface area contributed by atoms with Crippen molar-refractivity contribution in [1.82, 2.24) is 5.32 Å². The highest BCUT2D eigenvalue weighted by molar-refractivity contribution is 5.96. The minimum absolute atomic E-state index is 0.0739. The molecule has 1 aliphatic heterocycles. The van der Waals surface area contributed by atoms with Gasteiger partial charge in [-0.25, -0.2) is 8.78 Å². The third-order valence-corrected chi connectivity index (χ3v) is 4.68. The summed E-state index contributed by atoms with van der Waals surface area (Å²) in [5.41, 5.74) is 8.38. The third-order valence-electron chi connectivity index (χ3n) is 4.68. The molecule has 0 fully saturated rings. The number of nitrogens with zero attached hydrogens (tertiary/aromatic N) is 1. The Balaban J connectivity index is 1.88. The molecule has 0 radical (unpaired) electrons. The van der Waals surface area contributed by atoms with Crippen LogP contribution >= 0.6 is 0 Å². The fourth-order valence-corrected chi connectivity index (χ4v) is 3.46. The quantitative estimate of drug-likeness (QED) is 0.809. The summed E-state index contributed by atoms with van der Waals surface area (Å²) < 4.78 is 27.4. The second-order valence-electron chi connectivity index (χ2n) is 6.62. The van der Waals surface area contributed by atoms with Gasteiger partial charge in [-0.15, -0.1) is 0 Å². The minimum atomic E-state index is -0.887. The molecule has 2 amide bonds. The topological polar surface area (TPSA) is 75.4 Å². The fourth-order valence-electron chi connectivity index (χ4n) is 3.46. The highest BCUT2D eigenvalue weighted by Crippen LogP contribution is 2.32. The molecule has 1 atom stereocenters. The number of benzene rings is 2. The van der Waals surface area contributed by atoms with Crippen LogP contribution in [0.4, 0.5) is 20.2 Å². The molecule has 2 aromatic carbocycles. The SMILES string of the molecule is CC(=O)NC(CC(=O)N1CCCc2c(N)cccc21)c1ccc(F)cc1F. The molecule has 0 spiro atoms. The number of carbonyl (C=O) groups excluding carboxylic acids is 2. The first kappa shape index (κ1) is 18.8. The zero-order valence-electron chi connectivity index (χ0n) is 15.0. The third kappa shape index (κ3) is 4.07. The molecule has 3 N–H and O–H groups in total. The van der Waals surface area contributed by atoms with Gasteiger partial charge in [-0.2, -0.15) is 0 Å². The number of fused-ring (bicyclic) bond motifs is 1. The summed E-state index contributed by atoms with van der Waals surface area (Å²) in [6, 6.07) is 7.61. The number of anilines is 2. The number of nitrogens with one attached hydrogen (secondary N) is 1. The molecule has 1 unspecified atom stereocenters. The number of hydrogen-bond donors (Lipinski definition) is 2. The smallest absolute Gasteiger partial charge is 0.229 e. The molecule has 0 saturated heterocycles. The van der Waals surface area contributed by atoms with Gasteiger partial charge in [0.25, 0.3) is 0 Å². The molecule has 27 heavy (non-hydrogen) atoms. The molecule has 1 heterocycles. The summed E-state index contributed by atoms with van der Waals surface area (Å²) in [4.78, 5) is 26.1. The Morgan fingerprint density at radius 3 is 2.74 bits per heavy atom. The van der Waals surface area contributed by atoms with E-state index < -0.39 is 23.6 Å². The zero-order chi connectivity index (χ0) is 19.6. The summed E-state index contributed by atoms with van der Waals surface area (Å²) in [5.74, 6) is -2.18. The molecule has 0 aliphatic carbocycles. The van der Waals surface area contributed by atoms with Gasteiger partial charge >= 0.3 is 0 Å². The van der Waals surface area contributed by atoms with Crippen LogP contribution in [0.5, 0.6) is 0 Å². The molecule has 0 bridgehead atoms. The van der Waals surface area contributed by atoms with Gasteiger partial charge in [0.1, 0.15) is 11.6 Å². The van der Waals surface area contributed by atoms with Gasteiger partial charge in [-0.3, -0.25) is 9.59 Å². The lowest BCUT2D eigenvalue weighted by molar-refractivity contribution is -0.121. The first-order valence-corrected chi connectivity index (χ1v) is 8.76. The maximum Gasteiger partial charge on any atom is 0.229 e. The predicted octanol–water partition coefficient (Wildman–Crippen LogP) is 3.09. The molecule has 7 heteroatoms. The monoisotopic (exact) mass is 373 g/mol. The highest BCUT2D eigenvalue weighted by atomic mass is 19.1. The first-order valence-electron chi connectivity index (χ1n) is 8.76. The molecular formula is C20H21F2N3O2. The van der Waals surface area contributed by atoms with Crippen molar-refractivity contribution < 1.29 is 18.4 Å². The van der Waals surface area contributed by atoms with Crippen LogP contribution in [0.3, 0.4) is 0 Å². The Bertz CT molecular complexity index is 886. The second-order valence-corrected chi connectivity index (χ2v) is 6.62. The normalized spacial score (nSPS) is 14.4. The van der Waals surface area contributed by atoms with Crippen molar-refractivity contribution in [2.24, 2.45) is 0 Å². The summed E-state index contributed by atoms with van der Waals surface area (Å²) >= 11 is 0. The van der Waals surface area contributed by atoms with Gasteiger partial charge < -0.3 is 16.0 Å². The number of hydrogen-bond acceptors (Lipinski definition) is 3. The van der Waals surface area contributed by atoms with E-state index in [1.807, 2.05) is 6.07 Å². The summed E-state index contributed by atoms with van der Waals surface area (Å²) in [6.07, 6.45) is 1.41. The molecule has 0 aromatic heterocycles. The minimum Gasteiger partial charge on any atom is -0.398 e. The second kappa shape index (κ2) is 7.73. The van der Waals surface area contributed by atoms with E-state index in [2.05, 4.69) is 5.32 Å². The average Bonchev–Trinajstić information content (AvgIpc) is 2.60. The number of amides is 2. The zero-order valence-corrected chi connectivity index (χ0v) is 15.0. The maximum absolute atomic E-state index is 14.2. The van der Waals surface area contributed by atoms with Crippen molar-refractivity contribution in [3.63, 3.8) is 0 Å². The van der Waals surface area contributed by atoms with E-state index in [9.17, 15) is 18.4 Å². The molecule has 142 valence electrons. The van der Waals surface area contributed by atoms with E-state index in [1.54, 1.807) is 17.0 Å². The molecule has 5 nitrogen and oxygen atoms in total. The Kier molecular flexibility index (Phi) is 5.39. The number of halogens is 2. The maximum atomic E-state index is 14.2. The highest BCUT2D eigenvalue weighted by Gasteiger charge is 2.28. The number of nitrogens with two attached hydrogens (primary N) is 1. The van der Waals surface area contributed by atoms with Gasteiger partial charge in [-0.05, 0) is 36.6 Å². The Morgan fingerprint density at radius 1 is 1.26 bits per heavy atom. The van der Waals surface area contributed by atoms with Crippen molar-refractivity contribution in [1.29, 1.82) is 0 Å². The van der Waals surface area contributed by atoms with E-state index in [1.165, 1.54) is 13.0 Å². The van der Waals surface area contributed by atoms with E-state index >= 15 is 0 Å². The van der Waals surface area contributed by atoms with Crippen LogP contribution in [0, 0.1) is 11.6 Å². The standard InChI is InChI=1S/C20H21F2N3O2/c1-12(26)24-18(14-8-7-13(21)10-16(14)22)11-20(27)25-9-3-4-15-17(23)5-2-6-19(15)25/h2,5-8,10,18H,3-4,9,11,23H2,1H3,(H,24,26). The van der Waals surface area contributed by atoms with Crippen molar-refractivity contribution >= 4 is 23.2 Å². The van der Waals surface area contributed by atoms with Gasteiger partial charge in [0.05, 0.1) is 12.5 Å². The summed E-state index contributed by atoms with van der Waals surface area (Å²) in [5, 5.41) is 2.59. The lowest BCUT2D eigenvalue weighted by Gasteiger charge is -2.31. The Morgan fingerprint density at radius 2 is 2.04 bits per heavy atom. The molecule has 2 aromatic rings. The van der Waals surface area contributed by atoms with E-state index in [0.717, 1.165) is 36.2 Å². The van der Waals surface area contributed by atoms with Crippen LogP contribution < -0.4 is 16.0 Å². The van der Waals surface area contributed by atoms with Crippen LogP contribution in [-0.4, -0.2) is 18.4 Å². The van der Waals surface area contributed by atoms with Crippen LogP contribution in [0.2, 0.25) is 0 Å². The lowest BCUT2D eigenvalue weighted by atomic mass is 9.97. The van der Waals surface area contributed by atoms with Crippen molar-refractivity contribution in [3.8, 4) is 0 Å². The van der Waals surface area contributed by atoms with Gasteiger partial charge in [0.15, 0.2) is 0 Å². The van der Waals surface area contributed by atoms with Crippen molar-refractivity contribution in [2.45, 2.75) is 32.2 Å². The van der Waals surface area contributed by atoms with Crippen molar-refractivity contribution in [3.05, 3.63) is 59.2 Å². The number of nitrogen functional groups attached to an aromatic ring is 1. The molecule has 1 aliphatic rings. The largest absolute Gasteiger partial charge is 0.398 e. The van der Waals surface area contributed by atoms with Gasteiger partial charge in [0, 0.05) is 36.5 Å². The van der Waals surface area contributed by atoms with E-state index in [4.69, 9.17) is 5.73 Å². The molecule has 0 saturated carbocycles. The van der Waals surface area contributed by atoms with Crippen molar-refractivity contribution in [2.75, 3.05) is 17.2 Å². The predicted molar refractivity (Wildman–Crippen MR) is 99.1 cm³/mol. The van der Waals surface area contributed by atoms with E-state index in [-0.39, 0.29) is 17.9 Å². The van der Waals surface area contributed by atoms with Crippen LogP contribution in [0.1, 0.15) is 36.9 Å². The van der Waals surface area contributed by atoms with E-state index in [0.29, 0.717) is 12.2 Å². The summed E-state index contributed by atoms with van der Waals surface area (Å²) in [6.45, 7) is 1.81. The average molecular weight is 373 g/mol. The van der Waals surface area contributed by atoms with Gasteiger partial charge in [-0.1, -0.05) is 12.1 Å². The lowest BCUT2D eigenvalue weighted by Crippen LogP contribution is -2.39. The summed E-state index contributed by atoms with van der Waals surface area (Å²) in [7, 11) is 0. The Hall–Kier alpha value is -2.96. The van der Waals surface area contributed by atoms with Crippen LogP contribution in [0.15, 0.2) is 36.4 Å². The molecular weight excluding hydrogens is 352 g/mol. The van der Waals surface area contributed by atoms with Gasteiger partial charge in [0.2, 0.25) is 11.8 Å².